The number of anilines is 3. The van der Waals surface area contributed by atoms with Crippen LogP contribution in [-0.2, 0) is 6.18 Å². The molecule has 1 aromatic heterocycles. The molecular weight excluding hydrogens is 433 g/mol. The van der Waals surface area contributed by atoms with Crippen LogP contribution in [0.5, 0.6) is 0 Å². The fourth-order valence-corrected chi connectivity index (χ4v) is 3.53. The van der Waals surface area contributed by atoms with Crippen LogP contribution in [0.15, 0.2) is 53.5 Å². The number of hydrogen-bond acceptors (Lipinski definition) is 8. The summed E-state index contributed by atoms with van der Waals surface area (Å²) in [4.78, 5) is 8.66. The van der Waals surface area contributed by atoms with Gasteiger partial charge in [-0.1, -0.05) is 36.4 Å². The molecule has 0 spiro atoms. The van der Waals surface area contributed by atoms with Crippen molar-refractivity contribution in [2.45, 2.75) is 12.2 Å². The molecule has 33 heavy (non-hydrogen) atoms. The van der Waals surface area contributed by atoms with Gasteiger partial charge in [-0.3, -0.25) is 5.32 Å². The van der Waals surface area contributed by atoms with Crippen LogP contribution in [0, 0.1) is 22.8 Å². The maximum Gasteiger partial charge on any atom is 0.416 e. The molecular formula is C22H15F3N8. The molecule has 8 nitrogen and oxygen atoms in total. The number of nitrogens with zero attached hydrogens (tertiary/aromatic N) is 4. The highest BCUT2D eigenvalue weighted by atomic mass is 19.4. The maximum atomic E-state index is 12.8. The second-order valence-corrected chi connectivity index (χ2v) is 7.10. The number of rotatable bonds is 2. The molecule has 0 fully saturated rings. The van der Waals surface area contributed by atoms with Gasteiger partial charge in [0, 0.05) is 5.56 Å². The van der Waals surface area contributed by atoms with E-state index in [0.717, 1.165) is 12.1 Å². The zero-order chi connectivity index (χ0) is 23.8. The second kappa shape index (κ2) is 8.05. The summed E-state index contributed by atoms with van der Waals surface area (Å²) in [6.07, 6.45) is -2.63. The van der Waals surface area contributed by atoms with Crippen LogP contribution >= 0.6 is 0 Å². The third-order valence-electron chi connectivity index (χ3n) is 5.13. The van der Waals surface area contributed by atoms with E-state index in [1.165, 1.54) is 12.1 Å². The predicted molar refractivity (Wildman–Crippen MR) is 116 cm³/mol. The number of hydrogen-bond donors (Lipinski definition) is 4. The van der Waals surface area contributed by atoms with E-state index in [0.29, 0.717) is 22.3 Å². The Bertz CT molecular complexity index is 1330. The van der Waals surface area contributed by atoms with Crippen LogP contribution in [0.4, 0.5) is 30.5 Å². The van der Waals surface area contributed by atoms with Gasteiger partial charge in [-0.25, -0.2) is 9.98 Å². The average Bonchev–Trinajstić information content (AvgIpc) is 2.78. The minimum Gasteiger partial charge on any atom is -0.397 e. The summed E-state index contributed by atoms with van der Waals surface area (Å²) >= 11 is 0. The summed E-state index contributed by atoms with van der Waals surface area (Å²) in [7, 11) is 0. The van der Waals surface area contributed by atoms with Gasteiger partial charge in [0.15, 0.2) is 6.19 Å². The van der Waals surface area contributed by atoms with E-state index < -0.39 is 17.8 Å². The van der Waals surface area contributed by atoms with Crippen molar-refractivity contribution in [2.24, 2.45) is 4.99 Å². The van der Waals surface area contributed by atoms with Crippen LogP contribution < -0.4 is 22.1 Å². The van der Waals surface area contributed by atoms with Crippen molar-refractivity contribution in [1.29, 1.82) is 10.5 Å². The van der Waals surface area contributed by atoms with Gasteiger partial charge in [-0.15, -0.1) is 0 Å². The molecule has 0 saturated heterocycles. The number of nitrogens with two attached hydrogens (primary N) is 2. The molecule has 1 aliphatic heterocycles. The number of nitrogens with one attached hydrogen (secondary N) is 2. The van der Waals surface area contributed by atoms with E-state index >= 15 is 0 Å². The van der Waals surface area contributed by atoms with Crippen molar-refractivity contribution in [3.05, 3.63) is 70.8 Å². The molecule has 0 amide bonds. The zero-order valence-electron chi connectivity index (χ0n) is 16.8. The first-order valence-corrected chi connectivity index (χ1v) is 9.49. The van der Waals surface area contributed by atoms with Crippen molar-refractivity contribution in [1.82, 2.24) is 10.3 Å². The number of fused-ring (bicyclic) bond motifs is 1. The molecule has 6 N–H and O–H groups in total. The number of benzene rings is 2. The lowest BCUT2D eigenvalue weighted by atomic mass is 9.93. The summed E-state index contributed by atoms with van der Waals surface area (Å²) in [5.41, 5.74) is 13.8. The van der Waals surface area contributed by atoms with Crippen molar-refractivity contribution in [3.8, 4) is 23.4 Å². The average molecular weight is 448 g/mol. The molecule has 1 atom stereocenters. The summed E-state index contributed by atoms with van der Waals surface area (Å²) in [6, 6.07) is 13.0. The van der Waals surface area contributed by atoms with Crippen molar-refractivity contribution in [2.75, 3.05) is 16.8 Å². The summed E-state index contributed by atoms with van der Waals surface area (Å²) in [5.74, 6) is 0.322. The van der Waals surface area contributed by atoms with Crippen molar-refractivity contribution >= 4 is 23.3 Å². The van der Waals surface area contributed by atoms with Crippen LogP contribution in [0.1, 0.15) is 28.3 Å². The predicted octanol–water partition coefficient (Wildman–Crippen LogP) is 3.75. The zero-order valence-corrected chi connectivity index (χ0v) is 16.8. The molecule has 1 aliphatic rings. The van der Waals surface area contributed by atoms with Gasteiger partial charge in [-0.05, 0) is 28.8 Å². The van der Waals surface area contributed by atoms with Crippen LogP contribution in [0.25, 0.3) is 11.1 Å². The molecule has 1 unspecified atom stereocenters. The monoisotopic (exact) mass is 448 g/mol. The lowest BCUT2D eigenvalue weighted by molar-refractivity contribution is -0.137. The number of aromatic nitrogens is 1. The Hall–Kier alpha value is -4.77. The van der Waals surface area contributed by atoms with E-state index in [1.54, 1.807) is 30.5 Å². The largest absolute Gasteiger partial charge is 0.416 e. The second-order valence-electron chi connectivity index (χ2n) is 7.10. The number of aliphatic imine (C=N–C) groups is 1. The lowest BCUT2D eigenvalue weighted by Gasteiger charge is -2.26. The van der Waals surface area contributed by atoms with Gasteiger partial charge in [0.05, 0.1) is 11.3 Å². The number of pyridine rings is 1. The fraction of sp³-hybridized carbons (Fsp3) is 0.0909. The highest BCUT2D eigenvalue weighted by Crippen LogP contribution is 2.41. The summed E-state index contributed by atoms with van der Waals surface area (Å²) in [5, 5.41) is 23.6. The molecule has 0 saturated carbocycles. The number of alkyl halides is 3. The number of nitrogen functional groups attached to an aromatic ring is 2. The van der Waals surface area contributed by atoms with E-state index in [2.05, 4.69) is 20.6 Å². The van der Waals surface area contributed by atoms with Crippen LogP contribution in [0.3, 0.4) is 0 Å². The SMILES string of the molecule is N#CNC1=NC(c2ccc(-c3ccc(C(F)(F)F)cc3)cc2)c2c(nc(N)c(C#N)c2N)N1. The quantitative estimate of drug-likeness (QED) is 0.345. The first-order chi connectivity index (χ1) is 15.7. The molecule has 2 aromatic carbocycles. The Kier molecular flexibility index (Phi) is 5.24. The Morgan fingerprint density at radius 3 is 2.12 bits per heavy atom. The first-order valence-electron chi connectivity index (χ1n) is 9.49. The molecule has 11 heteroatoms. The van der Waals surface area contributed by atoms with E-state index in [-0.39, 0.29) is 28.8 Å². The van der Waals surface area contributed by atoms with E-state index in [4.69, 9.17) is 16.7 Å². The van der Waals surface area contributed by atoms with Gasteiger partial charge in [0.2, 0.25) is 5.96 Å². The third kappa shape index (κ3) is 3.95. The van der Waals surface area contributed by atoms with Gasteiger partial charge < -0.3 is 16.8 Å². The highest BCUT2D eigenvalue weighted by Gasteiger charge is 2.31. The molecule has 2 heterocycles. The molecule has 0 bridgehead atoms. The third-order valence-corrected chi connectivity index (χ3v) is 5.13. The molecule has 0 aliphatic carbocycles. The van der Waals surface area contributed by atoms with Gasteiger partial charge in [-0.2, -0.15) is 23.7 Å². The Morgan fingerprint density at radius 2 is 1.58 bits per heavy atom. The maximum absolute atomic E-state index is 12.8. The lowest BCUT2D eigenvalue weighted by Crippen LogP contribution is -2.32. The van der Waals surface area contributed by atoms with E-state index in [9.17, 15) is 18.4 Å². The highest BCUT2D eigenvalue weighted by molar-refractivity contribution is 5.98. The van der Waals surface area contributed by atoms with Crippen molar-refractivity contribution < 1.29 is 13.2 Å². The normalized spacial score (nSPS) is 14.8. The standard InChI is InChI=1S/C22H15F3N8/c23-22(24,25)14-7-5-12(6-8-14)11-1-3-13(4-2-11)18-16-17(28)15(9-26)19(29)32-20(16)33-21(31-18)30-10-27/h1-8,18H,(H6,28,29,30,31,32,33). The van der Waals surface area contributed by atoms with Gasteiger partial charge in [0.1, 0.15) is 29.3 Å². The minimum absolute atomic E-state index is 0.0221. The van der Waals surface area contributed by atoms with Crippen molar-refractivity contribution in [3.63, 3.8) is 0 Å². The molecule has 0 radical (unpaired) electrons. The Labute approximate surface area is 186 Å². The molecule has 164 valence electrons. The van der Waals surface area contributed by atoms with Gasteiger partial charge >= 0.3 is 6.18 Å². The Balaban J connectivity index is 1.75. The fourth-order valence-electron chi connectivity index (χ4n) is 3.53. The first kappa shape index (κ1) is 21.5. The van der Waals surface area contributed by atoms with Crippen LogP contribution in [0.2, 0.25) is 0 Å². The summed E-state index contributed by atoms with van der Waals surface area (Å²) < 4.78 is 38.4. The minimum atomic E-state index is -4.41. The number of halogens is 3. The van der Waals surface area contributed by atoms with E-state index in [1.807, 2.05) is 6.07 Å². The topological polar surface area (TPSA) is 149 Å². The molecule has 4 rings (SSSR count). The van der Waals surface area contributed by atoms with Crippen LogP contribution in [-0.4, -0.2) is 10.9 Å². The number of guanidine groups is 1. The Morgan fingerprint density at radius 1 is 0.970 bits per heavy atom. The smallest absolute Gasteiger partial charge is 0.397 e. The summed E-state index contributed by atoms with van der Waals surface area (Å²) in [6.45, 7) is 0. The molecule has 3 aromatic rings. The number of nitriles is 2. The van der Waals surface area contributed by atoms with Gasteiger partial charge in [0.25, 0.3) is 0 Å².